The maximum Gasteiger partial charge on any atom is 0.191 e. The van der Waals surface area contributed by atoms with E-state index in [9.17, 15) is 0 Å². The molecule has 0 aromatic carbocycles. The SMILES string of the molecule is CCNC(=NCc1ccnc(-n2ccnc2)c1)NCCc1ncc(CC)s1. The van der Waals surface area contributed by atoms with Crippen LogP contribution in [0.25, 0.3) is 5.82 Å². The molecule has 0 saturated heterocycles. The van der Waals surface area contributed by atoms with Crippen molar-refractivity contribution in [2.75, 3.05) is 13.1 Å². The Morgan fingerprint density at radius 2 is 2.15 bits per heavy atom. The number of hydrogen-bond donors (Lipinski definition) is 2. The molecular formula is C19H25N7S. The van der Waals surface area contributed by atoms with Crippen LogP contribution in [-0.4, -0.2) is 38.6 Å². The number of aryl methyl sites for hydroxylation is 1. The number of nitrogens with one attached hydrogen (secondary N) is 2. The molecule has 0 atom stereocenters. The van der Waals surface area contributed by atoms with Crippen LogP contribution in [0.5, 0.6) is 0 Å². The molecule has 0 radical (unpaired) electrons. The molecule has 0 saturated carbocycles. The first-order valence-corrected chi connectivity index (χ1v) is 9.99. The Hall–Kier alpha value is -2.74. The molecule has 2 N–H and O–H groups in total. The minimum Gasteiger partial charge on any atom is -0.357 e. The van der Waals surface area contributed by atoms with Crippen LogP contribution in [0.3, 0.4) is 0 Å². The van der Waals surface area contributed by atoms with Gasteiger partial charge in [0, 0.05) is 49.2 Å². The van der Waals surface area contributed by atoms with Gasteiger partial charge in [0.25, 0.3) is 0 Å². The smallest absolute Gasteiger partial charge is 0.191 e. The molecule has 0 unspecified atom stereocenters. The summed E-state index contributed by atoms with van der Waals surface area (Å²) in [6, 6.07) is 4.01. The molecule has 27 heavy (non-hydrogen) atoms. The van der Waals surface area contributed by atoms with Gasteiger partial charge < -0.3 is 10.6 Å². The third-order valence-electron chi connectivity index (χ3n) is 3.92. The number of rotatable bonds is 8. The summed E-state index contributed by atoms with van der Waals surface area (Å²) in [4.78, 5) is 18.9. The van der Waals surface area contributed by atoms with Crippen molar-refractivity contribution in [1.82, 2.24) is 30.2 Å². The summed E-state index contributed by atoms with van der Waals surface area (Å²) in [6.07, 6.45) is 11.1. The number of thiazole rings is 1. The highest BCUT2D eigenvalue weighted by Crippen LogP contribution is 2.13. The van der Waals surface area contributed by atoms with Gasteiger partial charge in [-0.25, -0.2) is 19.9 Å². The summed E-state index contributed by atoms with van der Waals surface area (Å²) in [5.41, 5.74) is 1.10. The lowest BCUT2D eigenvalue weighted by molar-refractivity contribution is 0.796. The average Bonchev–Trinajstić information content (AvgIpc) is 3.38. The van der Waals surface area contributed by atoms with Crippen molar-refractivity contribution in [2.45, 2.75) is 33.2 Å². The van der Waals surface area contributed by atoms with E-state index >= 15 is 0 Å². The van der Waals surface area contributed by atoms with Gasteiger partial charge in [0.05, 0.1) is 11.6 Å². The van der Waals surface area contributed by atoms with Crippen molar-refractivity contribution >= 4 is 17.3 Å². The number of aliphatic imine (C=N–C) groups is 1. The Balaban J connectivity index is 1.57. The molecule has 3 aromatic heterocycles. The number of hydrogen-bond acceptors (Lipinski definition) is 5. The van der Waals surface area contributed by atoms with Gasteiger partial charge in [-0.3, -0.25) is 4.57 Å². The van der Waals surface area contributed by atoms with Crippen LogP contribution in [0.2, 0.25) is 0 Å². The fourth-order valence-electron chi connectivity index (χ4n) is 2.52. The molecule has 0 aliphatic heterocycles. The van der Waals surface area contributed by atoms with E-state index in [0.29, 0.717) is 6.54 Å². The van der Waals surface area contributed by atoms with Crippen molar-refractivity contribution in [2.24, 2.45) is 4.99 Å². The number of aromatic nitrogens is 4. The van der Waals surface area contributed by atoms with E-state index in [1.54, 1.807) is 30.1 Å². The van der Waals surface area contributed by atoms with Crippen LogP contribution in [0.1, 0.15) is 29.3 Å². The summed E-state index contributed by atoms with van der Waals surface area (Å²) in [6.45, 7) is 6.42. The second-order valence-electron chi connectivity index (χ2n) is 5.94. The van der Waals surface area contributed by atoms with Gasteiger partial charge >= 0.3 is 0 Å². The highest BCUT2D eigenvalue weighted by Gasteiger charge is 2.03. The first-order valence-electron chi connectivity index (χ1n) is 9.17. The molecule has 0 fully saturated rings. The highest BCUT2D eigenvalue weighted by molar-refractivity contribution is 7.11. The van der Waals surface area contributed by atoms with Crippen molar-refractivity contribution < 1.29 is 0 Å². The van der Waals surface area contributed by atoms with Gasteiger partial charge in [-0.2, -0.15) is 0 Å². The van der Waals surface area contributed by atoms with E-state index in [0.717, 1.165) is 48.3 Å². The minimum atomic E-state index is 0.580. The minimum absolute atomic E-state index is 0.580. The monoisotopic (exact) mass is 383 g/mol. The Morgan fingerprint density at radius 1 is 1.22 bits per heavy atom. The summed E-state index contributed by atoms with van der Waals surface area (Å²) in [7, 11) is 0. The lowest BCUT2D eigenvalue weighted by Gasteiger charge is -2.11. The maximum atomic E-state index is 4.68. The normalized spacial score (nSPS) is 11.6. The first-order chi connectivity index (χ1) is 13.3. The number of imidazole rings is 1. The lowest BCUT2D eigenvalue weighted by Crippen LogP contribution is -2.38. The van der Waals surface area contributed by atoms with E-state index in [4.69, 9.17) is 0 Å². The van der Waals surface area contributed by atoms with Crippen molar-refractivity contribution in [3.63, 3.8) is 0 Å². The number of guanidine groups is 1. The second-order valence-corrected chi connectivity index (χ2v) is 7.14. The molecule has 3 rings (SSSR count). The molecule has 0 aliphatic rings. The zero-order valence-corrected chi connectivity index (χ0v) is 16.5. The maximum absolute atomic E-state index is 4.68. The van der Waals surface area contributed by atoms with Crippen molar-refractivity contribution in [1.29, 1.82) is 0 Å². The standard InChI is InChI=1S/C19H25N7S/c1-3-16-13-24-18(27-16)6-8-23-19(21-4-2)25-12-15-5-7-22-17(11-15)26-10-9-20-14-26/h5,7,9-11,13-14H,3-4,6,8,12H2,1-2H3,(H2,21,23,25). The Morgan fingerprint density at radius 3 is 2.89 bits per heavy atom. The predicted octanol–water partition coefficient (Wildman–Crippen LogP) is 2.58. The van der Waals surface area contributed by atoms with Gasteiger partial charge in [0.15, 0.2) is 5.96 Å². The van der Waals surface area contributed by atoms with E-state index in [1.807, 2.05) is 29.1 Å². The fourth-order valence-corrected chi connectivity index (χ4v) is 3.38. The second kappa shape index (κ2) is 9.82. The molecule has 0 amide bonds. The Kier molecular flexibility index (Phi) is 6.92. The van der Waals surface area contributed by atoms with E-state index in [1.165, 1.54) is 4.88 Å². The highest BCUT2D eigenvalue weighted by atomic mass is 32.1. The third-order valence-corrected chi connectivity index (χ3v) is 5.13. The molecule has 0 bridgehead atoms. The molecule has 0 spiro atoms. The molecular weight excluding hydrogens is 358 g/mol. The summed E-state index contributed by atoms with van der Waals surface area (Å²) in [5, 5.41) is 7.83. The van der Waals surface area contributed by atoms with Gasteiger partial charge in [-0.15, -0.1) is 11.3 Å². The molecule has 3 heterocycles. The molecule has 142 valence electrons. The van der Waals surface area contributed by atoms with Crippen LogP contribution >= 0.6 is 11.3 Å². The molecule has 7 nitrogen and oxygen atoms in total. The average molecular weight is 384 g/mol. The summed E-state index contributed by atoms with van der Waals surface area (Å²) >= 11 is 1.78. The Bertz CT molecular complexity index is 855. The van der Waals surface area contributed by atoms with E-state index < -0.39 is 0 Å². The zero-order chi connectivity index (χ0) is 18.9. The van der Waals surface area contributed by atoms with Gasteiger partial charge in [0.2, 0.25) is 0 Å². The molecule has 8 heteroatoms. The van der Waals surface area contributed by atoms with Crippen molar-refractivity contribution in [3.05, 3.63) is 58.7 Å². The van der Waals surface area contributed by atoms with Gasteiger partial charge in [-0.05, 0) is 31.0 Å². The van der Waals surface area contributed by atoms with Crippen LogP contribution in [0.15, 0.2) is 48.2 Å². The summed E-state index contributed by atoms with van der Waals surface area (Å²) < 4.78 is 1.88. The Labute approximate surface area is 163 Å². The van der Waals surface area contributed by atoms with Gasteiger partial charge in [0.1, 0.15) is 12.1 Å². The molecule has 0 aliphatic carbocycles. The van der Waals surface area contributed by atoms with Crippen LogP contribution in [0, 0.1) is 0 Å². The summed E-state index contributed by atoms with van der Waals surface area (Å²) in [5.74, 6) is 1.65. The van der Waals surface area contributed by atoms with Crippen LogP contribution in [0.4, 0.5) is 0 Å². The van der Waals surface area contributed by atoms with Crippen molar-refractivity contribution in [3.8, 4) is 5.82 Å². The first kappa shape index (κ1) is 19.0. The van der Waals surface area contributed by atoms with E-state index in [2.05, 4.69) is 44.4 Å². The predicted molar refractivity (Wildman–Crippen MR) is 109 cm³/mol. The topological polar surface area (TPSA) is 80.0 Å². The van der Waals surface area contributed by atoms with Crippen LogP contribution in [-0.2, 0) is 19.4 Å². The molecule has 3 aromatic rings. The fraction of sp³-hybridized carbons (Fsp3) is 0.368. The quantitative estimate of drug-likeness (QED) is 0.462. The van der Waals surface area contributed by atoms with Gasteiger partial charge in [-0.1, -0.05) is 6.92 Å². The van der Waals surface area contributed by atoms with Crippen LogP contribution < -0.4 is 10.6 Å². The largest absolute Gasteiger partial charge is 0.357 e. The number of nitrogens with zero attached hydrogens (tertiary/aromatic N) is 5. The zero-order valence-electron chi connectivity index (χ0n) is 15.7. The lowest BCUT2D eigenvalue weighted by atomic mass is 10.2. The van der Waals surface area contributed by atoms with E-state index in [-0.39, 0.29) is 0 Å². The number of pyridine rings is 1. The third kappa shape index (κ3) is 5.62.